The average molecular weight is 331 g/mol. The molecule has 0 bridgehead atoms. The van der Waals surface area contributed by atoms with Crippen LogP contribution in [-0.4, -0.2) is 35.3 Å². The molecule has 1 aromatic carbocycles. The van der Waals surface area contributed by atoms with Gasteiger partial charge in [-0.2, -0.15) is 0 Å². The number of ether oxygens (including phenoxy) is 1. The first-order valence-electron chi connectivity index (χ1n) is 8.52. The van der Waals surface area contributed by atoms with Crippen molar-refractivity contribution < 1.29 is 18.7 Å². The van der Waals surface area contributed by atoms with Crippen LogP contribution in [0.5, 0.6) is 5.75 Å². The van der Waals surface area contributed by atoms with Crippen LogP contribution in [0.4, 0.5) is 4.39 Å². The molecule has 0 spiro atoms. The fourth-order valence-electron chi connectivity index (χ4n) is 4.05. The Kier molecular flexibility index (Phi) is 4.29. The van der Waals surface area contributed by atoms with E-state index in [2.05, 4.69) is 4.90 Å². The first-order chi connectivity index (χ1) is 11.7. The number of aliphatic hydroxyl groups is 1. The molecule has 1 N–H and O–H groups in total. The monoisotopic (exact) mass is 331 g/mol. The summed E-state index contributed by atoms with van der Waals surface area (Å²) in [5, 5.41) is 10.4. The van der Waals surface area contributed by atoms with Gasteiger partial charge in [-0.25, -0.2) is 4.39 Å². The third-order valence-electron chi connectivity index (χ3n) is 5.22. The maximum Gasteiger partial charge on any atom is 0.125 e. The molecular weight excluding hydrogens is 309 g/mol. The predicted octanol–water partition coefficient (Wildman–Crippen LogP) is 3.07. The maximum absolute atomic E-state index is 13.0. The Bertz CT molecular complexity index is 658. The third-order valence-corrected chi connectivity index (χ3v) is 5.22. The van der Waals surface area contributed by atoms with Crippen LogP contribution >= 0.6 is 0 Å². The summed E-state index contributed by atoms with van der Waals surface area (Å²) < 4.78 is 24.4. The van der Waals surface area contributed by atoms with E-state index >= 15 is 0 Å². The highest BCUT2D eigenvalue weighted by Gasteiger charge is 2.42. The highest BCUT2D eigenvalue weighted by molar-refractivity contribution is 5.22. The molecular formula is C19H22FNO3. The number of hydrogen-bond acceptors (Lipinski definition) is 4. The van der Waals surface area contributed by atoms with Crippen molar-refractivity contribution in [3.05, 3.63) is 54.2 Å². The van der Waals surface area contributed by atoms with E-state index in [1.165, 1.54) is 12.1 Å². The van der Waals surface area contributed by atoms with Crippen LogP contribution < -0.4 is 4.74 Å². The van der Waals surface area contributed by atoms with Gasteiger partial charge in [0.15, 0.2) is 0 Å². The summed E-state index contributed by atoms with van der Waals surface area (Å²) in [6, 6.07) is 9.91. The van der Waals surface area contributed by atoms with Crippen molar-refractivity contribution in [2.24, 2.45) is 11.8 Å². The maximum atomic E-state index is 13.0. The van der Waals surface area contributed by atoms with Crippen molar-refractivity contribution >= 4 is 0 Å². The first kappa shape index (κ1) is 15.7. The lowest BCUT2D eigenvalue weighted by Crippen LogP contribution is -2.42. The molecule has 1 aromatic heterocycles. The van der Waals surface area contributed by atoms with Crippen LogP contribution in [0.2, 0.25) is 0 Å². The molecule has 2 heterocycles. The van der Waals surface area contributed by atoms with E-state index in [0.717, 1.165) is 38.2 Å². The fraction of sp³-hybridized carbons (Fsp3) is 0.474. The minimum atomic E-state index is -0.472. The van der Waals surface area contributed by atoms with Gasteiger partial charge < -0.3 is 14.3 Å². The van der Waals surface area contributed by atoms with Crippen molar-refractivity contribution in [1.29, 1.82) is 0 Å². The van der Waals surface area contributed by atoms with Crippen molar-refractivity contribution in [2.45, 2.75) is 31.6 Å². The molecule has 1 aliphatic heterocycles. The minimum Gasteiger partial charge on any atom is -0.488 e. The molecule has 24 heavy (non-hydrogen) atoms. The Labute approximate surface area is 140 Å². The standard InChI is InChI=1S/C19H22FNO3/c20-15-3-5-16(6-4-15)24-19-9-14-11-21(10-13(14)8-18(19)22)12-17-2-1-7-23-17/h1-7,13-14,18-19,22H,8-12H2/t13-,14+,18+,19+/m0/s1. The topological polar surface area (TPSA) is 45.8 Å². The number of halogens is 1. The van der Waals surface area contributed by atoms with Crippen LogP contribution in [0, 0.1) is 17.7 Å². The van der Waals surface area contributed by atoms with Gasteiger partial charge in [0.2, 0.25) is 0 Å². The lowest BCUT2D eigenvalue weighted by molar-refractivity contribution is -0.0231. The average Bonchev–Trinajstić information content (AvgIpc) is 3.19. The Morgan fingerprint density at radius 2 is 1.88 bits per heavy atom. The summed E-state index contributed by atoms with van der Waals surface area (Å²) in [6.07, 6.45) is 2.60. The Balaban J connectivity index is 1.37. The molecule has 4 nitrogen and oxygen atoms in total. The number of benzene rings is 1. The van der Waals surface area contributed by atoms with E-state index in [1.54, 1.807) is 18.4 Å². The van der Waals surface area contributed by atoms with E-state index in [9.17, 15) is 9.50 Å². The van der Waals surface area contributed by atoms with Crippen molar-refractivity contribution in [3.8, 4) is 5.75 Å². The molecule has 1 saturated carbocycles. The Hall–Kier alpha value is -1.85. The van der Waals surface area contributed by atoms with Gasteiger partial charge in [0.05, 0.1) is 18.9 Å². The van der Waals surface area contributed by atoms with Gasteiger partial charge in [-0.15, -0.1) is 0 Å². The van der Waals surface area contributed by atoms with E-state index in [-0.39, 0.29) is 11.9 Å². The lowest BCUT2D eigenvalue weighted by atomic mass is 9.78. The molecule has 0 unspecified atom stereocenters. The summed E-state index contributed by atoms with van der Waals surface area (Å²) in [4.78, 5) is 2.39. The van der Waals surface area contributed by atoms with Gasteiger partial charge in [-0.05, 0) is 61.1 Å². The van der Waals surface area contributed by atoms with E-state index in [4.69, 9.17) is 9.15 Å². The highest BCUT2D eigenvalue weighted by atomic mass is 19.1. The molecule has 4 atom stereocenters. The summed E-state index contributed by atoms with van der Waals surface area (Å²) in [5.41, 5.74) is 0. The quantitative estimate of drug-likeness (QED) is 0.935. The zero-order valence-electron chi connectivity index (χ0n) is 13.5. The normalized spacial score (nSPS) is 30.2. The van der Waals surface area contributed by atoms with Gasteiger partial charge >= 0.3 is 0 Å². The second-order valence-corrected chi connectivity index (χ2v) is 6.94. The zero-order chi connectivity index (χ0) is 16.5. The number of likely N-dealkylation sites (tertiary alicyclic amines) is 1. The zero-order valence-corrected chi connectivity index (χ0v) is 13.5. The highest BCUT2D eigenvalue weighted by Crippen LogP contribution is 2.38. The van der Waals surface area contributed by atoms with Crippen LogP contribution in [-0.2, 0) is 6.54 Å². The number of aliphatic hydroxyl groups excluding tert-OH is 1. The summed E-state index contributed by atoms with van der Waals surface area (Å²) in [7, 11) is 0. The Morgan fingerprint density at radius 3 is 2.58 bits per heavy atom. The molecule has 128 valence electrons. The van der Waals surface area contributed by atoms with Crippen LogP contribution in [0.3, 0.4) is 0 Å². The van der Waals surface area contributed by atoms with E-state index in [1.807, 2.05) is 12.1 Å². The molecule has 2 aliphatic rings. The van der Waals surface area contributed by atoms with Crippen LogP contribution in [0.1, 0.15) is 18.6 Å². The van der Waals surface area contributed by atoms with Gasteiger partial charge in [0.1, 0.15) is 23.4 Å². The smallest absolute Gasteiger partial charge is 0.125 e. The fourth-order valence-corrected chi connectivity index (χ4v) is 4.05. The van der Waals surface area contributed by atoms with Gasteiger partial charge in [-0.1, -0.05) is 0 Å². The second kappa shape index (κ2) is 6.57. The van der Waals surface area contributed by atoms with Gasteiger partial charge in [-0.3, -0.25) is 4.90 Å². The van der Waals surface area contributed by atoms with Crippen molar-refractivity contribution in [1.82, 2.24) is 4.90 Å². The molecule has 4 rings (SSSR count). The SMILES string of the molecule is O[C@@H]1C[C@H]2CN(Cc3ccco3)C[C@H]2C[C@H]1Oc1ccc(F)cc1. The van der Waals surface area contributed by atoms with Crippen molar-refractivity contribution in [3.63, 3.8) is 0 Å². The van der Waals surface area contributed by atoms with Gasteiger partial charge in [0, 0.05) is 13.1 Å². The van der Waals surface area contributed by atoms with Gasteiger partial charge in [0.25, 0.3) is 0 Å². The molecule has 2 aromatic rings. The minimum absolute atomic E-state index is 0.222. The molecule has 1 saturated heterocycles. The number of furan rings is 1. The van der Waals surface area contributed by atoms with E-state index in [0.29, 0.717) is 17.6 Å². The lowest BCUT2D eigenvalue weighted by Gasteiger charge is -2.35. The predicted molar refractivity (Wildman–Crippen MR) is 87.0 cm³/mol. The molecule has 5 heteroatoms. The van der Waals surface area contributed by atoms with Crippen LogP contribution in [0.25, 0.3) is 0 Å². The summed E-state index contributed by atoms with van der Waals surface area (Å²) in [5.74, 6) is 2.34. The van der Waals surface area contributed by atoms with Crippen molar-refractivity contribution in [2.75, 3.05) is 13.1 Å². The molecule has 2 fully saturated rings. The Morgan fingerprint density at radius 1 is 1.12 bits per heavy atom. The first-order valence-corrected chi connectivity index (χ1v) is 8.52. The van der Waals surface area contributed by atoms with E-state index < -0.39 is 6.10 Å². The third kappa shape index (κ3) is 3.32. The summed E-state index contributed by atoms with van der Waals surface area (Å²) in [6.45, 7) is 2.81. The number of nitrogens with zero attached hydrogens (tertiary/aromatic N) is 1. The second-order valence-electron chi connectivity index (χ2n) is 6.94. The molecule has 0 radical (unpaired) electrons. The largest absolute Gasteiger partial charge is 0.488 e. The molecule has 0 amide bonds. The number of rotatable bonds is 4. The van der Waals surface area contributed by atoms with Crippen LogP contribution in [0.15, 0.2) is 47.1 Å². The molecule has 1 aliphatic carbocycles. The number of hydrogen-bond donors (Lipinski definition) is 1. The number of fused-ring (bicyclic) bond motifs is 1. The summed E-state index contributed by atoms with van der Waals surface area (Å²) >= 11 is 0.